The van der Waals surface area contributed by atoms with Crippen LogP contribution in [0.25, 0.3) is 5.95 Å². The van der Waals surface area contributed by atoms with E-state index >= 15 is 0 Å². The van der Waals surface area contributed by atoms with Gasteiger partial charge in [0.15, 0.2) is 0 Å². The predicted molar refractivity (Wildman–Crippen MR) is 99.7 cm³/mol. The van der Waals surface area contributed by atoms with Gasteiger partial charge in [0, 0.05) is 24.9 Å². The van der Waals surface area contributed by atoms with Gasteiger partial charge in [-0.2, -0.15) is 5.10 Å². The lowest BCUT2D eigenvalue weighted by Crippen LogP contribution is -2.35. The molecule has 0 bridgehead atoms. The minimum atomic E-state index is -0.296. The van der Waals surface area contributed by atoms with E-state index in [0.717, 1.165) is 6.42 Å². The van der Waals surface area contributed by atoms with E-state index in [4.69, 9.17) is 4.74 Å². The summed E-state index contributed by atoms with van der Waals surface area (Å²) in [5.74, 6) is 0.822. The van der Waals surface area contributed by atoms with Crippen molar-refractivity contribution >= 4 is 11.7 Å². The zero-order valence-corrected chi connectivity index (χ0v) is 14.7. The molecular formula is C19H20N6O2. The van der Waals surface area contributed by atoms with Crippen LogP contribution < -0.4 is 10.6 Å². The molecule has 3 heterocycles. The van der Waals surface area contributed by atoms with Crippen LogP contribution in [0.2, 0.25) is 0 Å². The highest BCUT2D eigenvalue weighted by Gasteiger charge is 2.26. The second-order valence-corrected chi connectivity index (χ2v) is 6.36. The van der Waals surface area contributed by atoms with Gasteiger partial charge in [-0.15, -0.1) is 0 Å². The maximum absolute atomic E-state index is 12.1. The van der Waals surface area contributed by atoms with Crippen molar-refractivity contribution in [3.8, 4) is 5.95 Å². The third kappa shape index (κ3) is 4.29. The van der Waals surface area contributed by atoms with Gasteiger partial charge in [0.1, 0.15) is 0 Å². The predicted octanol–water partition coefficient (Wildman–Crippen LogP) is 2.36. The molecular weight excluding hydrogens is 344 g/mol. The highest BCUT2D eigenvalue weighted by Crippen LogP contribution is 2.28. The van der Waals surface area contributed by atoms with Crippen LogP contribution in [0.5, 0.6) is 0 Å². The monoisotopic (exact) mass is 364 g/mol. The Bertz CT molecular complexity index is 883. The summed E-state index contributed by atoms with van der Waals surface area (Å²) in [5, 5.41) is 9.75. The van der Waals surface area contributed by atoms with Crippen molar-refractivity contribution in [2.45, 2.75) is 18.4 Å². The van der Waals surface area contributed by atoms with Crippen molar-refractivity contribution in [2.75, 3.05) is 18.5 Å². The standard InChI is InChI=1S/C19H20N6O2/c26-19(24-16-10-23-25(12-16)18-20-7-4-8-21-18)22-11-17-9-15(13-27-17)14-5-2-1-3-6-14/h1-8,10,12,15,17H,9,11,13H2,(H2,22,24,26)/t15-,17-/m0/s1. The Morgan fingerprint density at radius 2 is 2.00 bits per heavy atom. The van der Waals surface area contributed by atoms with Crippen molar-refractivity contribution in [3.63, 3.8) is 0 Å². The number of hydrogen-bond acceptors (Lipinski definition) is 5. The third-order valence-corrected chi connectivity index (χ3v) is 4.44. The number of aromatic nitrogens is 4. The second kappa shape index (κ2) is 7.96. The van der Waals surface area contributed by atoms with Crippen LogP contribution in [-0.4, -0.2) is 45.0 Å². The van der Waals surface area contributed by atoms with Crippen molar-refractivity contribution in [2.24, 2.45) is 0 Å². The number of urea groups is 1. The average Bonchev–Trinajstić information content (AvgIpc) is 3.37. The van der Waals surface area contributed by atoms with Gasteiger partial charge >= 0.3 is 6.03 Å². The van der Waals surface area contributed by atoms with Gasteiger partial charge in [0.2, 0.25) is 5.95 Å². The molecule has 2 aromatic heterocycles. The van der Waals surface area contributed by atoms with Crippen LogP contribution in [0.15, 0.2) is 61.2 Å². The Morgan fingerprint density at radius 1 is 1.19 bits per heavy atom. The van der Waals surface area contributed by atoms with Crippen molar-refractivity contribution in [3.05, 3.63) is 66.7 Å². The first-order chi connectivity index (χ1) is 13.3. The van der Waals surface area contributed by atoms with Crippen molar-refractivity contribution in [1.82, 2.24) is 25.1 Å². The number of nitrogens with one attached hydrogen (secondary N) is 2. The lowest BCUT2D eigenvalue weighted by molar-refractivity contribution is 0.110. The van der Waals surface area contributed by atoms with Crippen molar-refractivity contribution in [1.29, 1.82) is 0 Å². The molecule has 8 nitrogen and oxygen atoms in total. The summed E-state index contributed by atoms with van der Waals surface area (Å²) in [7, 11) is 0. The summed E-state index contributed by atoms with van der Waals surface area (Å²) in [4.78, 5) is 20.3. The van der Waals surface area contributed by atoms with Crippen LogP contribution in [0.3, 0.4) is 0 Å². The molecule has 8 heteroatoms. The molecule has 0 radical (unpaired) electrons. The van der Waals surface area contributed by atoms with Crippen molar-refractivity contribution < 1.29 is 9.53 Å². The highest BCUT2D eigenvalue weighted by atomic mass is 16.5. The smallest absolute Gasteiger partial charge is 0.319 e. The van der Waals surface area contributed by atoms with E-state index in [0.29, 0.717) is 30.7 Å². The first-order valence-electron chi connectivity index (χ1n) is 8.81. The van der Waals surface area contributed by atoms with E-state index in [9.17, 15) is 4.79 Å². The summed E-state index contributed by atoms with van der Waals surface area (Å²) in [6, 6.07) is 11.7. The Hall–Kier alpha value is -3.26. The molecule has 2 atom stereocenters. The number of hydrogen-bond donors (Lipinski definition) is 2. The molecule has 3 aromatic rings. The third-order valence-electron chi connectivity index (χ3n) is 4.44. The maximum atomic E-state index is 12.1. The van der Waals surface area contributed by atoms with Crippen LogP contribution in [0.4, 0.5) is 10.5 Å². The topological polar surface area (TPSA) is 94.0 Å². The lowest BCUT2D eigenvalue weighted by Gasteiger charge is -2.11. The molecule has 2 N–H and O–H groups in total. The quantitative estimate of drug-likeness (QED) is 0.725. The average molecular weight is 364 g/mol. The highest BCUT2D eigenvalue weighted by molar-refractivity contribution is 5.88. The first kappa shape index (κ1) is 17.2. The van der Waals surface area contributed by atoms with Crippen LogP contribution in [0.1, 0.15) is 17.9 Å². The van der Waals surface area contributed by atoms with E-state index in [1.807, 2.05) is 18.2 Å². The zero-order chi connectivity index (χ0) is 18.5. The molecule has 1 fully saturated rings. The molecule has 2 amide bonds. The molecule has 0 aliphatic carbocycles. The van der Waals surface area contributed by atoms with E-state index in [-0.39, 0.29) is 12.1 Å². The molecule has 0 spiro atoms. The Balaban J connectivity index is 1.25. The van der Waals surface area contributed by atoms with Crippen LogP contribution in [0, 0.1) is 0 Å². The fraction of sp³-hybridized carbons (Fsp3) is 0.263. The van der Waals surface area contributed by atoms with E-state index in [2.05, 4.69) is 37.8 Å². The number of nitrogens with zero attached hydrogens (tertiary/aromatic N) is 4. The fourth-order valence-electron chi connectivity index (χ4n) is 3.09. The second-order valence-electron chi connectivity index (χ2n) is 6.36. The van der Waals surface area contributed by atoms with Crippen LogP contribution >= 0.6 is 0 Å². The van der Waals surface area contributed by atoms with E-state index in [1.54, 1.807) is 30.9 Å². The Morgan fingerprint density at radius 3 is 2.81 bits per heavy atom. The minimum Gasteiger partial charge on any atom is -0.376 e. The maximum Gasteiger partial charge on any atom is 0.319 e. The molecule has 27 heavy (non-hydrogen) atoms. The summed E-state index contributed by atoms with van der Waals surface area (Å²) in [6.45, 7) is 1.15. The van der Waals surface area contributed by atoms with E-state index < -0.39 is 0 Å². The van der Waals surface area contributed by atoms with Gasteiger partial charge in [0.25, 0.3) is 0 Å². The molecule has 1 aliphatic heterocycles. The Kier molecular flexibility index (Phi) is 5.06. The van der Waals surface area contributed by atoms with Crippen LogP contribution in [-0.2, 0) is 4.74 Å². The lowest BCUT2D eigenvalue weighted by atomic mass is 9.96. The normalized spacial score (nSPS) is 19.0. The number of carbonyl (C=O) groups is 1. The SMILES string of the molecule is O=C(NC[C@@H]1C[C@H](c2ccccc2)CO1)Nc1cnn(-c2ncccn2)c1. The number of ether oxygens (including phenoxy) is 1. The van der Waals surface area contributed by atoms with Gasteiger partial charge in [-0.05, 0) is 18.1 Å². The fourth-order valence-corrected chi connectivity index (χ4v) is 3.09. The summed E-state index contributed by atoms with van der Waals surface area (Å²) in [5.41, 5.74) is 1.84. The van der Waals surface area contributed by atoms with Gasteiger partial charge in [0.05, 0.1) is 30.8 Å². The van der Waals surface area contributed by atoms with Gasteiger partial charge in [-0.3, -0.25) is 0 Å². The largest absolute Gasteiger partial charge is 0.376 e. The molecule has 1 saturated heterocycles. The molecule has 1 aromatic carbocycles. The van der Waals surface area contributed by atoms with Gasteiger partial charge in [-0.1, -0.05) is 30.3 Å². The van der Waals surface area contributed by atoms with E-state index in [1.165, 1.54) is 10.2 Å². The number of amides is 2. The van der Waals surface area contributed by atoms with Gasteiger partial charge < -0.3 is 15.4 Å². The first-order valence-corrected chi connectivity index (χ1v) is 8.81. The van der Waals surface area contributed by atoms with Gasteiger partial charge in [-0.25, -0.2) is 19.4 Å². The zero-order valence-electron chi connectivity index (χ0n) is 14.7. The number of rotatable bonds is 5. The Labute approximate surface area is 156 Å². The summed E-state index contributed by atoms with van der Waals surface area (Å²) in [6.07, 6.45) is 7.39. The molecule has 0 unspecified atom stereocenters. The molecule has 1 aliphatic rings. The number of anilines is 1. The molecule has 0 saturated carbocycles. The molecule has 138 valence electrons. The number of carbonyl (C=O) groups excluding carboxylic acids is 1. The summed E-state index contributed by atoms with van der Waals surface area (Å²) < 4.78 is 7.31. The molecule has 4 rings (SSSR count). The number of benzene rings is 1. The summed E-state index contributed by atoms with van der Waals surface area (Å²) >= 11 is 0. The minimum absolute atomic E-state index is 0.0152.